The van der Waals surface area contributed by atoms with Gasteiger partial charge in [0.05, 0.1) is 13.2 Å². The van der Waals surface area contributed by atoms with E-state index in [2.05, 4.69) is 5.32 Å². The molecule has 0 spiro atoms. The van der Waals surface area contributed by atoms with Crippen LogP contribution in [0, 0.1) is 0 Å². The highest BCUT2D eigenvalue weighted by Crippen LogP contribution is 2.12. The fraction of sp³-hybridized carbons (Fsp3) is 0.467. The zero-order valence-corrected chi connectivity index (χ0v) is 11.9. The molecule has 0 bridgehead atoms. The Kier molecular flexibility index (Phi) is 7.17. The molecule has 0 saturated heterocycles. The first-order valence-corrected chi connectivity index (χ1v) is 6.81. The van der Waals surface area contributed by atoms with Crippen LogP contribution in [-0.4, -0.2) is 31.2 Å². The molecule has 1 rings (SSSR count). The molecule has 5 nitrogen and oxygen atoms in total. The summed E-state index contributed by atoms with van der Waals surface area (Å²) in [7, 11) is 0. The Hall–Kier alpha value is -2.04. The Morgan fingerprint density at radius 3 is 2.35 bits per heavy atom. The van der Waals surface area contributed by atoms with Crippen LogP contribution >= 0.6 is 0 Å². The SMILES string of the molecule is CCOC(=O)CC[C@H](Nc1ccccc1)C(=O)OCC. The average Bonchev–Trinajstić information content (AvgIpc) is 2.45. The van der Waals surface area contributed by atoms with E-state index in [0.717, 1.165) is 5.69 Å². The zero-order chi connectivity index (χ0) is 14.8. The van der Waals surface area contributed by atoms with E-state index in [0.29, 0.717) is 19.6 Å². The number of esters is 2. The largest absolute Gasteiger partial charge is 0.466 e. The van der Waals surface area contributed by atoms with Crippen LogP contribution in [0.25, 0.3) is 0 Å². The van der Waals surface area contributed by atoms with Gasteiger partial charge in [-0.3, -0.25) is 4.79 Å². The minimum Gasteiger partial charge on any atom is -0.466 e. The number of rotatable bonds is 8. The molecule has 5 heteroatoms. The number of benzene rings is 1. The summed E-state index contributed by atoms with van der Waals surface area (Å²) in [5, 5.41) is 3.08. The predicted octanol–water partition coefficient (Wildman–Crippen LogP) is 2.37. The third-order valence-corrected chi connectivity index (χ3v) is 2.63. The average molecular weight is 279 g/mol. The van der Waals surface area contributed by atoms with Crippen molar-refractivity contribution in [3.63, 3.8) is 0 Å². The van der Waals surface area contributed by atoms with E-state index in [1.165, 1.54) is 0 Å². The lowest BCUT2D eigenvalue weighted by molar-refractivity contribution is -0.145. The van der Waals surface area contributed by atoms with Crippen LogP contribution in [0.2, 0.25) is 0 Å². The van der Waals surface area contributed by atoms with Crippen molar-refractivity contribution in [2.75, 3.05) is 18.5 Å². The number of para-hydroxylation sites is 1. The highest BCUT2D eigenvalue weighted by molar-refractivity contribution is 5.80. The van der Waals surface area contributed by atoms with E-state index in [-0.39, 0.29) is 18.4 Å². The third kappa shape index (κ3) is 5.73. The maximum Gasteiger partial charge on any atom is 0.328 e. The number of carbonyl (C=O) groups excluding carboxylic acids is 2. The van der Waals surface area contributed by atoms with Crippen molar-refractivity contribution in [1.29, 1.82) is 0 Å². The van der Waals surface area contributed by atoms with Gasteiger partial charge in [0.2, 0.25) is 0 Å². The van der Waals surface area contributed by atoms with Gasteiger partial charge in [-0.25, -0.2) is 4.79 Å². The van der Waals surface area contributed by atoms with Crippen LogP contribution in [0.4, 0.5) is 5.69 Å². The smallest absolute Gasteiger partial charge is 0.328 e. The molecule has 1 aromatic rings. The van der Waals surface area contributed by atoms with Gasteiger partial charge >= 0.3 is 11.9 Å². The maximum absolute atomic E-state index is 11.9. The van der Waals surface area contributed by atoms with E-state index >= 15 is 0 Å². The molecule has 0 aliphatic heterocycles. The molecule has 0 unspecified atom stereocenters. The molecule has 0 radical (unpaired) electrons. The second-order valence-electron chi connectivity index (χ2n) is 4.16. The second-order valence-corrected chi connectivity index (χ2v) is 4.16. The molecule has 0 heterocycles. The predicted molar refractivity (Wildman–Crippen MR) is 76.4 cm³/mol. The van der Waals surface area contributed by atoms with Gasteiger partial charge in [-0.2, -0.15) is 0 Å². The number of nitrogens with one attached hydrogen (secondary N) is 1. The summed E-state index contributed by atoms with van der Waals surface area (Å²) in [6.07, 6.45) is 0.518. The first kappa shape index (κ1) is 16.0. The normalized spacial score (nSPS) is 11.5. The molecule has 0 aliphatic rings. The van der Waals surface area contributed by atoms with Gasteiger partial charge in [0.25, 0.3) is 0 Å². The Labute approximate surface area is 119 Å². The molecular formula is C15H21NO4. The molecule has 0 aromatic heterocycles. The van der Waals surface area contributed by atoms with Gasteiger partial charge < -0.3 is 14.8 Å². The van der Waals surface area contributed by atoms with Crippen molar-refractivity contribution in [3.8, 4) is 0 Å². The second kappa shape index (κ2) is 8.96. The van der Waals surface area contributed by atoms with Crippen LogP contribution in [0.3, 0.4) is 0 Å². The summed E-state index contributed by atoms with van der Waals surface area (Å²) in [6, 6.07) is 8.80. The van der Waals surface area contributed by atoms with E-state index in [4.69, 9.17) is 9.47 Å². The molecular weight excluding hydrogens is 258 g/mol. The lowest BCUT2D eigenvalue weighted by Crippen LogP contribution is -2.32. The summed E-state index contributed by atoms with van der Waals surface area (Å²) in [5.74, 6) is -0.669. The van der Waals surface area contributed by atoms with Crippen molar-refractivity contribution in [2.24, 2.45) is 0 Å². The van der Waals surface area contributed by atoms with Gasteiger partial charge in [0.15, 0.2) is 0 Å². The van der Waals surface area contributed by atoms with Gasteiger partial charge in [0, 0.05) is 12.1 Å². The molecule has 20 heavy (non-hydrogen) atoms. The van der Waals surface area contributed by atoms with Gasteiger partial charge in [0.1, 0.15) is 6.04 Å². The lowest BCUT2D eigenvalue weighted by Gasteiger charge is -2.18. The minimum absolute atomic E-state index is 0.178. The summed E-state index contributed by atoms with van der Waals surface area (Å²) in [6.45, 7) is 4.16. The van der Waals surface area contributed by atoms with Crippen molar-refractivity contribution in [2.45, 2.75) is 32.7 Å². The van der Waals surface area contributed by atoms with E-state index < -0.39 is 6.04 Å². The van der Waals surface area contributed by atoms with Crippen LogP contribution in [0.15, 0.2) is 30.3 Å². The maximum atomic E-state index is 11.9. The monoisotopic (exact) mass is 279 g/mol. The number of hydrogen-bond acceptors (Lipinski definition) is 5. The van der Waals surface area contributed by atoms with Crippen molar-refractivity contribution in [1.82, 2.24) is 0 Å². The Bertz CT molecular complexity index is 419. The van der Waals surface area contributed by atoms with E-state index in [1.54, 1.807) is 13.8 Å². The van der Waals surface area contributed by atoms with Crippen LogP contribution < -0.4 is 5.32 Å². The van der Waals surface area contributed by atoms with Crippen molar-refractivity contribution < 1.29 is 19.1 Å². The van der Waals surface area contributed by atoms with Gasteiger partial charge in [-0.15, -0.1) is 0 Å². The summed E-state index contributed by atoms with van der Waals surface area (Å²) in [5.41, 5.74) is 0.814. The van der Waals surface area contributed by atoms with Gasteiger partial charge in [-0.05, 0) is 32.4 Å². The lowest BCUT2D eigenvalue weighted by atomic mass is 10.1. The molecule has 0 aliphatic carbocycles. The number of ether oxygens (including phenoxy) is 2. The minimum atomic E-state index is -0.554. The van der Waals surface area contributed by atoms with Crippen molar-refractivity contribution in [3.05, 3.63) is 30.3 Å². The Morgan fingerprint density at radius 1 is 1.10 bits per heavy atom. The molecule has 0 saturated carbocycles. The molecule has 0 amide bonds. The molecule has 0 fully saturated rings. The fourth-order valence-corrected chi connectivity index (χ4v) is 1.72. The highest BCUT2D eigenvalue weighted by atomic mass is 16.5. The van der Waals surface area contributed by atoms with Crippen LogP contribution in [-0.2, 0) is 19.1 Å². The Balaban J connectivity index is 2.60. The number of carbonyl (C=O) groups is 2. The zero-order valence-electron chi connectivity index (χ0n) is 11.9. The van der Waals surface area contributed by atoms with Crippen molar-refractivity contribution >= 4 is 17.6 Å². The number of anilines is 1. The van der Waals surface area contributed by atoms with E-state index in [1.807, 2.05) is 30.3 Å². The van der Waals surface area contributed by atoms with Crippen LogP contribution in [0.5, 0.6) is 0 Å². The summed E-state index contributed by atoms with van der Waals surface area (Å²) >= 11 is 0. The third-order valence-electron chi connectivity index (χ3n) is 2.63. The Morgan fingerprint density at radius 2 is 1.75 bits per heavy atom. The fourth-order valence-electron chi connectivity index (χ4n) is 1.72. The molecule has 1 N–H and O–H groups in total. The standard InChI is InChI=1S/C15H21NO4/c1-3-19-14(17)11-10-13(15(18)20-4-2)16-12-8-6-5-7-9-12/h5-9,13,16H,3-4,10-11H2,1-2H3/t13-/m0/s1. The first-order chi connectivity index (χ1) is 9.67. The number of hydrogen-bond donors (Lipinski definition) is 1. The van der Waals surface area contributed by atoms with Crippen LogP contribution in [0.1, 0.15) is 26.7 Å². The van der Waals surface area contributed by atoms with Gasteiger partial charge in [-0.1, -0.05) is 18.2 Å². The first-order valence-electron chi connectivity index (χ1n) is 6.81. The molecule has 1 aromatic carbocycles. The molecule has 110 valence electrons. The highest BCUT2D eigenvalue weighted by Gasteiger charge is 2.21. The summed E-state index contributed by atoms with van der Waals surface area (Å²) < 4.78 is 9.88. The quantitative estimate of drug-likeness (QED) is 0.740. The van der Waals surface area contributed by atoms with E-state index in [9.17, 15) is 9.59 Å². The topological polar surface area (TPSA) is 64.6 Å². The summed E-state index contributed by atoms with van der Waals surface area (Å²) in [4.78, 5) is 23.3. The molecule has 1 atom stereocenters.